The first kappa shape index (κ1) is 13.5. The van der Waals surface area contributed by atoms with E-state index < -0.39 is 17.5 Å². The molecule has 1 aromatic heterocycles. The number of amides is 3. The van der Waals surface area contributed by atoms with Gasteiger partial charge >= 0.3 is 6.03 Å². The van der Waals surface area contributed by atoms with Gasteiger partial charge in [-0.1, -0.05) is 0 Å². The highest BCUT2D eigenvalue weighted by molar-refractivity contribution is 6.07. The van der Waals surface area contributed by atoms with Crippen LogP contribution in [0.5, 0.6) is 0 Å². The van der Waals surface area contributed by atoms with Crippen LogP contribution in [0.1, 0.15) is 12.6 Å². The number of nitrogens with one attached hydrogen (secondary N) is 2. The summed E-state index contributed by atoms with van der Waals surface area (Å²) in [5, 5.41) is 8.81. The van der Waals surface area contributed by atoms with Gasteiger partial charge in [0.1, 0.15) is 0 Å². The number of aromatic nitrogens is 2. The lowest BCUT2D eigenvalue weighted by Gasteiger charge is -2.24. The lowest BCUT2D eigenvalue weighted by molar-refractivity contribution is -0.124. The molecule has 0 spiro atoms. The predicted octanol–water partition coefficient (Wildman–Crippen LogP) is -0.682. The van der Waals surface area contributed by atoms with Gasteiger partial charge in [0.15, 0.2) is 5.54 Å². The molecule has 1 atom stereocenters. The lowest BCUT2D eigenvalue weighted by Crippen LogP contribution is -2.51. The molecule has 8 heteroatoms. The highest BCUT2D eigenvalue weighted by Crippen LogP contribution is 2.23. The van der Waals surface area contributed by atoms with Gasteiger partial charge in [-0.2, -0.15) is 5.10 Å². The van der Waals surface area contributed by atoms with Crippen LogP contribution >= 0.6 is 12.4 Å². The number of imide groups is 1. The molecule has 0 aromatic carbocycles. The molecule has 4 N–H and O–H groups in total. The van der Waals surface area contributed by atoms with Crippen molar-refractivity contribution >= 4 is 24.3 Å². The molecule has 17 heavy (non-hydrogen) atoms. The zero-order chi connectivity index (χ0) is 11.8. The summed E-state index contributed by atoms with van der Waals surface area (Å²) in [6, 6.07) is 1.15. The van der Waals surface area contributed by atoms with Gasteiger partial charge in [-0.05, 0) is 13.0 Å². The standard InChI is InChI=1S/C9H13N5O2.ClH/c1-2-14-6(3-4-11-14)9(5-10)7(15)12-8(16)13-9;/h3-4H,2,5,10H2,1H3,(H2,12,13,15,16);1H. The van der Waals surface area contributed by atoms with Crippen LogP contribution in [-0.4, -0.2) is 28.3 Å². The van der Waals surface area contributed by atoms with E-state index in [2.05, 4.69) is 15.7 Å². The zero-order valence-electron chi connectivity index (χ0n) is 9.27. The lowest BCUT2D eigenvalue weighted by atomic mass is 9.95. The molecule has 1 aromatic rings. The second-order valence-corrected chi connectivity index (χ2v) is 3.55. The quantitative estimate of drug-likeness (QED) is 0.626. The van der Waals surface area contributed by atoms with E-state index in [4.69, 9.17) is 5.73 Å². The molecule has 0 aliphatic carbocycles. The second-order valence-electron chi connectivity index (χ2n) is 3.55. The van der Waals surface area contributed by atoms with Crippen molar-refractivity contribution in [2.45, 2.75) is 19.0 Å². The summed E-state index contributed by atoms with van der Waals surface area (Å²) in [5.74, 6) is -0.435. The Bertz CT molecular complexity index is 446. The summed E-state index contributed by atoms with van der Waals surface area (Å²) >= 11 is 0. The number of halogens is 1. The van der Waals surface area contributed by atoms with Crippen molar-refractivity contribution in [3.05, 3.63) is 18.0 Å². The van der Waals surface area contributed by atoms with E-state index >= 15 is 0 Å². The maximum atomic E-state index is 11.8. The van der Waals surface area contributed by atoms with Crippen LogP contribution in [0.4, 0.5) is 4.79 Å². The zero-order valence-corrected chi connectivity index (χ0v) is 10.1. The van der Waals surface area contributed by atoms with Gasteiger partial charge < -0.3 is 11.1 Å². The largest absolute Gasteiger partial charge is 0.327 e. The van der Waals surface area contributed by atoms with Crippen LogP contribution in [0, 0.1) is 0 Å². The van der Waals surface area contributed by atoms with Crippen LogP contribution in [-0.2, 0) is 16.9 Å². The van der Waals surface area contributed by atoms with Crippen LogP contribution in [0.15, 0.2) is 12.3 Å². The first-order chi connectivity index (χ1) is 7.64. The molecule has 2 heterocycles. The topological polar surface area (TPSA) is 102 Å². The number of rotatable bonds is 3. The molecule has 94 valence electrons. The Balaban J connectivity index is 0.00000144. The summed E-state index contributed by atoms with van der Waals surface area (Å²) in [7, 11) is 0. The number of carbonyl (C=O) groups is 2. The fourth-order valence-corrected chi connectivity index (χ4v) is 1.87. The van der Waals surface area contributed by atoms with E-state index in [-0.39, 0.29) is 19.0 Å². The molecular weight excluding hydrogens is 246 g/mol. The number of carbonyl (C=O) groups excluding carboxylic acids is 2. The molecule has 3 amide bonds. The third kappa shape index (κ3) is 1.87. The molecule has 1 saturated heterocycles. The number of nitrogens with two attached hydrogens (primary N) is 1. The summed E-state index contributed by atoms with van der Waals surface area (Å²) in [4.78, 5) is 23.0. The molecule has 0 radical (unpaired) electrons. The predicted molar refractivity (Wildman–Crippen MR) is 62.6 cm³/mol. The smallest absolute Gasteiger partial charge is 0.322 e. The Kier molecular flexibility index (Phi) is 3.74. The average Bonchev–Trinajstić information content (AvgIpc) is 2.83. The number of hydrogen-bond donors (Lipinski definition) is 3. The molecular formula is C9H14ClN5O2. The normalized spacial score (nSPS) is 22.9. The Labute approximate surface area is 104 Å². The van der Waals surface area contributed by atoms with Gasteiger partial charge in [0, 0.05) is 19.3 Å². The fraction of sp³-hybridized carbons (Fsp3) is 0.444. The monoisotopic (exact) mass is 259 g/mol. The van der Waals surface area contributed by atoms with Crippen molar-refractivity contribution in [1.82, 2.24) is 20.4 Å². The van der Waals surface area contributed by atoms with Crippen LogP contribution < -0.4 is 16.4 Å². The van der Waals surface area contributed by atoms with Crippen molar-refractivity contribution in [3.8, 4) is 0 Å². The molecule has 7 nitrogen and oxygen atoms in total. The first-order valence-electron chi connectivity index (χ1n) is 5.00. The Morgan fingerprint density at radius 3 is 2.71 bits per heavy atom. The average molecular weight is 260 g/mol. The highest BCUT2D eigenvalue weighted by Gasteiger charge is 2.48. The van der Waals surface area contributed by atoms with Gasteiger partial charge in [-0.3, -0.25) is 14.8 Å². The second kappa shape index (κ2) is 4.72. The van der Waals surface area contributed by atoms with Gasteiger partial charge in [0.2, 0.25) is 0 Å². The van der Waals surface area contributed by atoms with E-state index in [0.29, 0.717) is 12.2 Å². The molecule has 0 saturated carbocycles. The summed E-state index contributed by atoms with van der Waals surface area (Å²) < 4.78 is 1.64. The van der Waals surface area contributed by atoms with Crippen molar-refractivity contribution in [2.75, 3.05) is 6.54 Å². The minimum atomic E-state index is -1.19. The van der Waals surface area contributed by atoms with Gasteiger partial charge in [0.05, 0.1) is 5.69 Å². The van der Waals surface area contributed by atoms with Crippen LogP contribution in [0.3, 0.4) is 0 Å². The Morgan fingerprint density at radius 2 is 2.24 bits per heavy atom. The maximum absolute atomic E-state index is 11.8. The third-order valence-corrected chi connectivity index (χ3v) is 2.70. The number of aryl methyl sites for hydroxylation is 1. The van der Waals surface area contributed by atoms with E-state index in [1.807, 2.05) is 6.92 Å². The van der Waals surface area contributed by atoms with Gasteiger partial charge in [-0.25, -0.2) is 4.79 Å². The molecule has 1 fully saturated rings. The van der Waals surface area contributed by atoms with Crippen molar-refractivity contribution in [3.63, 3.8) is 0 Å². The van der Waals surface area contributed by atoms with Crippen LogP contribution in [0.2, 0.25) is 0 Å². The minimum Gasteiger partial charge on any atom is -0.327 e. The summed E-state index contributed by atoms with van der Waals surface area (Å²) in [6.45, 7) is 2.50. The first-order valence-corrected chi connectivity index (χ1v) is 5.00. The van der Waals surface area contributed by atoms with E-state index in [1.165, 1.54) is 0 Å². The van der Waals surface area contributed by atoms with Crippen LogP contribution in [0.25, 0.3) is 0 Å². The van der Waals surface area contributed by atoms with Crippen molar-refractivity contribution in [2.24, 2.45) is 5.73 Å². The van der Waals surface area contributed by atoms with Crippen molar-refractivity contribution < 1.29 is 9.59 Å². The Hall–Kier alpha value is -1.60. The number of hydrogen-bond acceptors (Lipinski definition) is 4. The highest BCUT2D eigenvalue weighted by atomic mass is 35.5. The minimum absolute atomic E-state index is 0. The molecule has 1 aliphatic heterocycles. The number of nitrogens with zero attached hydrogens (tertiary/aromatic N) is 2. The molecule has 1 unspecified atom stereocenters. The number of urea groups is 1. The molecule has 0 bridgehead atoms. The van der Waals surface area contributed by atoms with E-state index in [1.54, 1.807) is 16.9 Å². The summed E-state index contributed by atoms with van der Waals surface area (Å²) in [6.07, 6.45) is 1.58. The van der Waals surface area contributed by atoms with E-state index in [9.17, 15) is 9.59 Å². The SMILES string of the molecule is CCn1nccc1C1(CN)NC(=O)NC1=O.Cl. The fourth-order valence-electron chi connectivity index (χ4n) is 1.87. The van der Waals surface area contributed by atoms with Gasteiger partial charge in [-0.15, -0.1) is 12.4 Å². The summed E-state index contributed by atoms with van der Waals surface area (Å²) in [5.41, 5.74) is 5.03. The molecule has 2 rings (SSSR count). The maximum Gasteiger partial charge on any atom is 0.322 e. The van der Waals surface area contributed by atoms with Gasteiger partial charge in [0.25, 0.3) is 5.91 Å². The third-order valence-electron chi connectivity index (χ3n) is 2.70. The van der Waals surface area contributed by atoms with Crippen molar-refractivity contribution in [1.29, 1.82) is 0 Å². The van der Waals surface area contributed by atoms with E-state index in [0.717, 1.165) is 0 Å². The Morgan fingerprint density at radius 1 is 1.53 bits per heavy atom. The molecule has 1 aliphatic rings.